The molecule has 0 saturated carbocycles. The number of halogens is 4. The average molecular weight is 430 g/mol. The molecule has 1 aliphatic heterocycles. The summed E-state index contributed by atoms with van der Waals surface area (Å²) >= 11 is 12.8. The molecule has 3 nitrogen and oxygen atoms in total. The minimum Gasteiger partial charge on any atom is -0.492 e. The Hall–Kier alpha value is -1.46. The van der Waals surface area contributed by atoms with Crippen LogP contribution in [0.25, 0.3) is 10.9 Å². The average Bonchev–Trinajstić information content (AvgIpc) is 2.79. The zero-order valence-corrected chi connectivity index (χ0v) is 16.9. The highest BCUT2D eigenvalue weighted by molar-refractivity contribution is 6.45. The number of rotatable bonds is 4. The second-order valence-electron chi connectivity index (χ2n) is 6.38. The van der Waals surface area contributed by atoms with Gasteiger partial charge in [0.1, 0.15) is 18.2 Å². The molecule has 27 heavy (non-hydrogen) atoms. The smallest absolute Gasteiger partial charge is 0.123 e. The third-order valence-corrected chi connectivity index (χ3v) is 5.63. The number of hydrogen-bond acceptors (Lipinski definition) is 2. The maximum Gasteiger partial charge on any atom is 0.123 e. The molecule has 0 saturated heterocycles. The van der Waals surface area contributed by atoms with Gasteiger partial charge in [-0.1, -0.05) is 23.2 Å². The van der Waals surface area contributed by atoms with Gasteiger partial charge in [0.2, 0.25) is 0 Å². The Bertz CT molecular complexity index is 941. The molecule has 1 N–H and O–H groups in total. The van der Waals surface area contributed by atoms with Gasteiger partial charge in [0.15, 0.2) is 0 Å². The second-order valence-corrected chi connectivity index (χ2v) is 7.17. The summed E-state index contributed by atoms with van der Waals surface area (Å²) in [6, 6.07) is 9.97. The van der Waals surface area contributed by atoms with E-state index in [1.54, 1.807) is 12.1 Å². The zero-order chi connectivity index (χ0) is 18.1. The van der Waals surface area contributed by atoms with Crippen LogP contribution >= 0.6 is 35.6 Å². The Morgan fingerprint density at radius 3 is 2.56 bits per heavy atom. The molecule has 0 fully saturated rings. The number of nitrogens with one attached hydrogen (secondary N) is 1. The van der Waals surface area contributed by atoms with Gasteiger partial charge in [-0.25, -0.2) is 4.39 Å². The van der Waals surface area contributed by atoms with Crippen molar-refractivity contribution < 1.29 is 9.13 Å². The first-order chi connectivity index (χ1) is 12.6. The molecule has 4 rings (SSSR count). The lowest BCUT2D eigenvalue weighted by Crippen LogP contribution is -2.18. The SMILES string of the molecule is Cl.Fc1ccc(OCCn2c3c(c4c(Cl)c(Cl)ccc42)CCNCC3)cc1. The Morgan fingerprint density at radius 2 is 1.78 bits per heavy atom. The van der Waals surface area contributed by atoms with Crippen LogP contribution in [-0.4, -0.2) is 24.3 Å². The molecular weight excluding hydrogens is 410 g/mol. The fourth-order valence-electron chi connectivity index (χ4n) is 3.65. The maximum absolute atomic E-state index is 13.0. The van der Waals surface area contributed by atoms with E-state index in [2.05, 4.69) is 9.88 Å². The summed E-state index contributed by atoms with van der Waals surface area (Å²) in [4.78, 5) is 0. The van der Waals surface area contributed by atoms with E-state index in [0.29, 0.717) is 28.9 Å². The molecule has 0 unspecified atom stereocenters. The van der Waals surface area contributed by atoms with Crippen LogP contribution in [-0.2, 0) is 19.4 Å². The van der Waals surface area contributed by atoms with E-state index in [4.69, 9.17) is 27.9 Å². The monoisotopic (exact) mass is 428 g/mol. The second kappa shape index (κ2) is 8.70. The first-order valence-corrected chi connectivity index (χ1v) is 9.48. The Kier molecular flexibility index (Phi) is 6.53. The molecule has 7 heteroatoms. The van der Waals surface area contributed by atoms with Crippen LogP contribution in [0.4, 0.5) is 4.39 Å². The molecule has 144 valence electrons. The minimum atomic E-state index is -0.266. The minimum absolute atomic E-state index is 0. The summed E-state index contributed by atoms with van der Waals surface area (Å²) in [5.41, 5.74) is 3.66. The molecule has 0 aliphatic carbocycles. The molecule has 1 aliphatic rings. The van der Waals surface area contributed by atoms with E-state index in [1.807, 2.05) is 12.1 Å². The Morgan fingerprint density at radius 1 is 1.04 bits per heavy atom. The van der Waals surface area contributed by atoms with Crippen molar-refractivity contribution in [3.05, 3.63) is 63.5 Å². The molecule has 3 aromatic rings. The fraction of sp³-hybridized carbons (Fsp3) is 0.300. The topological polar surface area (TPSA) is 26.2 Å². The molecule has 0 spiro atoms. The molecule has 0 bridgehead atoms. The highest BCUT2D eigenvalue weighted by Crippen LogP contribution is 2.37. The van der Waals surface area contributed by atoms with Crippen LogP contribution in [0.3, 0.4) is 0 Å². The quantitative estimate of drug-likeness (QED) is 0.611. The molecular formula is C20H20Cl3FN2O. The van der Waals surface area contributed by atoms with Crippen molar-refractivity contribution >= 4 is 46.5 Å². The predicted octanol–water partition coefficient (Wildman–Crippen LogP) is 5.28. The molecule has 1 aromatic heterocycles. The lowest BCUT2D eigenvalue weighted by atomic mass is 10.1. The Balaban J connectivity index is 0.00000210. The van der Waals surface area contributed by atoms with Crippen molar-refractivity contribution in [2.75, 3.05) is 19.7 Å². The van der Waals surface area contributed by atoms with Crippen molar-refractivity contribution in [3.63, 3.8) is 0 Å². The predicted molar refractivity (Wildman–Crippen MR) is 111 cm³/mol. The van der Waals surface area contributed by atoms with Crippen LogP contribution in [0, 0.1) is 5.82 Å². The van der Waals surface area contributed by atoms with E-state index in [-0.39, 0.29) is 18.2 Å². The summed E-state index contributed by atoms with van der Waals surface area (Å²) in [6.45, 7) is 3.06. The van der Waals surface area contributed by atoms with E-state index in [0.717, 1.165) is 36.8 Å². The summed E-state index contributed by atoms with van der Waals surface area (Å²) < 4.78 is 21.1. The number of fused-ring (bicyclic) bond motifs is 3. The third kappa shape index (κ3) is 4.04. The first-order valence-electron chi connectivity index (χ1n) is 8.72. The van der Waals surface area contributed by atoms with Gasteiger partial charge >= 0.3 is 0 Å². The molecule has 2 heterocycles. The van der Waals surface area contributed by atoms with Crippen molar-refractivity contribution in [1.82, 2.24) is 9.88 Å². The number of aromatic nitrogens is 1. The molecule has 2 aromatic carbocycles. The van der Waals surface area contributed by atoms with Crippen LogP contribution < -0.4 is 10.1 Å². The summed E-state index contributed by atoms with van der Waals surface area (Å²) in [6.07, 6.45) is 1.87. The molecule has 0 atom stereocenters. The summed E-state index contributed by atoms with van der Waals surface area (Å²) in [5, 5.41) is 5.70. The van der Waals surface area contributed by atoms with Crippen molar-refractivity contribution in [3.8, 4) is 5.75 Å². The summed E-state index contributed by atoms with van der Waals surface area (Å²) in [5.74, 6) is 0.398. The van der Waals surface area contributed by atoms with Gasteiger partial charge in [0.25, 0.3) is 0 Å². The lowest BCUT2D eigenvalue weighted by Gasteiger charge is -2.12. The van der Waals surface area contributed by atoms with Crippen LogP contribution in [0.15, 0.2) is 36.4 Å². The highest BCUT2D eigenvalue weighted by atomic mass is 35.5. The Labute approximate surface area is 173 Å². The van der Waals surface area contributed by atoms with E-state index in [9.17, 15) is 4.39 Å². The molecule has 0 amide bonds. The molecule has 0 radical (unpaired) electrons. The van der Waals surface area contributed by atoms with Gasteiger partial charge in [-0.15, -0.1) is 12.4 Å². The number of hydrogen-bond donors (Lipinski definition) is 1. The number of ether oxygens (including phenoxy) is 1. The van der Waals surface area contributed by atoms with Gasteiger partial charge < -0.3 is 14.6 Å². The number of nitrogens with zero attached hydrogens (tertiary/aromatic N) is 1. The van der Waals surface area contributed by atoms with E-state index < -0.39 is 0 Å². The maximum atomic E-state index is 13.0. The summed E-state index contributed by atoms with van der Waals surface area (Å²) in [7, 11) is 0. The van der Waals surface area contributed by atoms with Crippen molar-refractivity contribution in [1.29, 1.82) is 0 Å². The van der Waals surface area contributed by atoms with Crippen LogP contribution in [0.2, 0.25) is 10.0 Å². The zero-order valence-electron chi connectivity index (χ0n) is 14.6. The lowest BCUT2D eigenvalue weighted by molar-refractivity contribution is 0.298. The van der Waals surface area contributed by atoms with Gasteiger partial charge in [-0.05, 0) is 54.9 Å². The largest absolute Gasteiger partial charge is 0.492 e. The van der Waals surface area contributed by atoms with Crippen LogP contribution in [0.5, 0.6) is 5.75 Å². The van der Waals surface area contributed by atoms with Crippen molar-refractivity contribution in [2.45, 2.75) is 19.4 Å². The number of benzene rings is 2. The van der Waals surface area contributed by atoms with Crippen LogP contribution in [0.1, 0.15) is 11.3 Å². The van der Waals surface area contributed by atoms with Gasteiger partial charge in [-0.3, -0.25) is 0 Å². The van der Waals surface area contributed by atoms with Gasteiger partial charge in [0, 0.05) is 24.0 Å². The van der Waals surface area contributed by atoms with Gasteiger partial charge in [0.05, 0.1) is 22.1 Å². The van der Waals surface area contributed by atoms with Gasteiger partial charge in [-0.2, -0.15) is 0 Å². The van der Waals surface area contributed by atoms with Crippen molar-refractivity contribution in [2.24, 2.45) is 0 Å². The highest BCUT2D eigenvalue weighted by Gasteiger charge is 2.21. The fourth-order valence-corrected chi connectivity index (χ4v) is 4.08. The normalized spacial score (nSPS) is 13.7. The standard InChI is InChI=1S/C20H19Cl2FN2O.ClH/c21-16-5-6-18-19(20(16)22)15-7-9-24-10-8-17(15)25(18)11-12-26-14-3-1-13(23)2-4-14;/h1-6,24H,7-12H2;1H. The van der Waals surface area contributed by atoms with E-state index in [1.165, 1.54) is 23.4 Å². The van der Waals surface area contributed by atoms with E-state index >= 15 is 0 Å². The third-order valence-electron chi connectivity index (χ3n) is 4.83. The first kappa shape index (κ1) is 20.3.